The summed E-state index contributed by atoms with van der Waals surface area (Å²) in [6.07, 6.45) is 4.10. The van der Waals surface area contributed by atoms with Crippen LogP contribution in [0.2, 0.25) is 63.0 Å². The fraction of sp³-hybridized carbons (Fsp3) is 0.760. The Labute approximate surface area is 181 Å². The van der Waals surface area contributed by atoms with Crippen molar-refractivity contribution in [1.82, 2.24) is 0 Å². The fourth-order valence-corrected chi connectivity index (χ4v) is 13.6. The van der Waals surface area contributed by atoms with Gasteiger partial charge in [-0.05, 0) is 11.0 Å². The zero-order valence-corrected chi connectivity index (χ0v) is 24.1. The maximum absolute atomic E-state index is 2.64. The largest absolute Gasteiger partial charge is 0.0831 e. The maximum atomic E-state index is 2.64. The molecular weight excluding hydrogens is 385 g/mol. The van der Waals surface area contributed by atoms with Gasteiger partial charge in [0.2, 0.25) is 0 Å². The molecule has 0 heterocycles. The summed E-state index contributed by atoms with van der Waals surface area (Å²) < 4.78 is 0. The van der Waals surface area contributed by atoms with Crippen molar-refractivity contribution < 1.29 is 0 Å². The Morgan fingerprint density at radius 2 is 1.21 bits per heavy atom. The summed E-state index contributed by atoms with van der Waals surface area (Å²) in [5.41, 5.74) is 1.37. The highest BCUT2D eigenvalue weighted by Crippen LogP contribution is 2.35. The van der Waals surface area contributed by atoms with E-state index in [-0.39, 0.29) is 0 Å². The Balaban J connectivity index is 2.77. The lowest BCUT2D eigenvalue weighted by molar-refractivity contribution is 0.285. The number of hydrogen-bond acceptors (Lipinski definition) is 0. The van der Waals surface area contributed by atoms with Crippen LogP contribution in [0.25, 0.3) is 0 Å². The zero-order valence-electron chi connectivity index (χ0n) is 21.1. The van der Waals surface area contributed by atoms with Gasteiger partial charge in [-0.2, -0.15) is 0 Å². The van der Waals surface area contributed by atoms with Crippen molar-refractivity contribution in [3.63, 3.8) is 0 Å². The summed E-state index contributed by atoms with van der Waals surface area (Å²) in [4.78, 5) is 0. The highest BCUT2D eigenvalue weighted by Gasteiger charge is 2.32. The predicted octanol–water partition coefficient (Wildman–Crippen LogP) is 7.85. The molecule has 1 aromatic carbocycles. The van der Waals surface area contributed by atoms with E-state index in [1.54, 1.807) is 10.4 Å². The molecule has 0 unspecified atom stereocenters. The first-order chi connectivity index (χ1) is 12.7. The van der Waals surface area contributed by atoms with Gasteiger partial charge in [0.1, 0.15) is 0 Å². The highest BCUT2D eigenvalue weighted by atomic mass is 28.3. The van der Waals surface area contributed by atoms with E-state index in [4.69, 9.17) is 0 Å². The third-order valence-electron chi connectivity index (χ3n) is 8.39. The minimum Gasteiger partial charge on any atom is -0.0694 e. The van der Waals surface area contributed by atoms with Crippen LogP contribution in [0, 0.1) is 5.41 Å². The molecule has 0 saturated heterocycles. The van der Waals surface area contributed by atoms with Crippen molar-refractivity contribution >= 4 is 34.6 Å². The van der Waals surface area contributed by atoms with Crippen LogP contribution in [0.1, 0.15) is 53.9 Å². The molecule has 1 aromatic rings. The van der Waals surface area contributed by atoms with Crippen molar-refractivity contribution in [2.45, 2.75) is 117 Å². The number of hydrogen-bond donors (Lipinski definition) is 0. The summed E-state index contributed by atoms with van der Waals surface area (Å²) in [5, 5.41) is 3.30. The SMILES string of the molecule is CCC(C)(CC)CC[Si](C)(C)CC[Si](C)(C)c1ccc([Si](C)(C)C(C)C)cc1. The third kappa shape index (κ3) is 6.98. The lowest BCUT2D eigenvalue weighted by atomic mass is 9.82. The first kappa shape index (κ1) is 25.9. The zero-order chi connectivity index (χ0) is 21.8. The van der Waals surface area contributed by atoms with Crippen LogP contribution in [-0.2, 0) is 0 Å². The van der Waals surface area contributed by atoms with Crippen LogP contribution in [-0.4, -0.2) is 24.2 Å². The first-order valence-corrected chi connectivity index (χ1v) is 21.5. The Bertz CT molecular complexity index is 593. The van der Waals surface area contributed by atoms with Gasteiger partial charge in [-0.1, -0.05) is 146 Å². The number of rotatable bonds is 11. The van der Waals surface area contributed by atoms with Gasteiger partial charge in [-0.25, -0.2) is 0 Å². The van der Waals surface area contributed by atoms with Crippen molar-refractivity contribution in [3.8, 4) is 0 Å². The molecule has 28 heavy (non-hydrogen) atoms. The molecule has 0 aliphatic carbocycles. The van der Waals surface area contributed by atoms with Gasteiger partial charge in [-0.15, -0.1) is 0 Å². The monoisotopic (exact) mass is 434 g/mol. The van der Waals surface area contributed by atoms with E-state index in [2.05, 4.69) is 98.2 Å². The molecule has 0 atom stereocenters. The number of benzene rings is 1. The molecule has 0 amide bonds. The average Bonchev–Trinajstić information content (AvgIpc) is 2.65. The van der Waals surface area contributed by atoms with Crippen LogP contribution in [0.4, 0.5) is 0 Å². The predicted molar refractivity (Wildman–Crippen MR) is 141 cm³/mol. The lowest BCUT2D eigenvalue weighted by Gasteiger charge is -2.34. The molecule has 0 aliphatic rings. The second-order valence-corrected chi connectivity index (χ2v) is 27.4. The second-order valence-electron chi connectivity index (χ2n) is 12.0. The molecule has 0 nitrogen and oxygen atoms in total. The third-order valence-corrected chi connectivity index (χ3v) is 20.2. The minimum atomic E-state index is -1.34. The van der Waals surface area contributed by atoms with E-state index in [0.717, 1.165) is 5.54 Å². The van der Waals surface area contributed by atoms with E-state index in [1.165, 1.54) is 37.4 Å². The normalized spacial score (nSPS) is 14.0. The van der Waals surface area contributed by atoms with Crippen molar-refractivity contribution in [1.29, 1.82) is 0 Å². The second kappa shape index (κ2) is 9.79. The van der Waals surface area contributed by atoms with Crippen LogP contribution >= 0.6 is 0 Å². The van der Waals surface area contributed by atoms with E-state index >= 15 is 0 Å². The molecular formula is C25H50Si3. The van der Waals surface area contributed by atoms with E-state index in [1.807, 2.05) is 0 Å². The molecule has 0 saturated carbocycles. The van der Waals surface area contributed by atoms with Crippen LogP contribution in [0.15, 0.2) is 24.3 Å². The standard InChI is InChI=1S/C25H50Si3/c1-12-25(5,13-2)18-19-26(6,7)20-21-27(8,9)23-14-16-24(17-15-23)28(10,11)22(3)4/h14-17,22H,12-13,18-21H2,1-11H3. The van der Waals surface area contributed by atoms with Gasteiger partial charge in [0.05, 0.1) is 16.1 Å². The summed E-state index contributed by atoms with van der Waals surface area (Å²) in [5.74, 6) is 0. The first-order valence-electron chi connectivity index (χ1n) is 11.8. The van der Waals surface area contributed by atoms with Crippen molar-refractivity contribution in [3.05, 3.63) is 24.3 Å². The molecule has 1 rings (SSSR count). The Kier molecular flexibility index (Phi) is 9.05. The molecule has 3 heteroatoms. The van der Waals surface area contributed by atoms with Crippen molar-refractivity contribution in [2.75, 3.05) is 0 Å². The van der Waals surface area contributed by atoms with Gasteiger partial charge in [-0.3, -0.25) is 0 Å². The average molecular weight is 435 g/mol. The van der Waals surface area contributed by atoms with Crippen LogP contribution in [0.3, 0.4) is 0 Å². The van der Waals surface area contributed by atoms with Crippen LogP contribution in [0.5, 0.6) is 0 Å². The quantitative estimate of drug-likeness (QED) is 0.311. The molecule has 0 N–H and O–H groups in total. The molecule has 0 aromatic heterocycles. The van der Waals surface area contributed by atoms with Gasteiger partial charge < -0.3 is 0 Å². The van der Waals surface area contributed by atoms with Crippen LogP contribution < -0.4 is 10.4 Å². The van der Waals surface area contributed by atoms with E-state index in [9.17, 15) is 0 Å². The minimum absolute atomic E-state index is 0.570. The summed E-state index contributed by atoms with van der Waals surface area (Å²) in [6, 6.07) is 14.4. The van der Waals surface area contributed by atoms with Gasteiger partial charge in [0.25, 0.3) is 0 Å². The fourth-order valence-electron chi connectivity index (χ4n) is 3.85. The smallest absolute Gasteiger partial charge is 0.0694 e. The lowest BCUT2D eigenvalue weighted by Crippen LogP contribution is -2.47. The van der Waals surface area contributed by atoms with Gasteiger partial charge in [0.15, 0.2) is 0 Å². The molecule has 0 bridgehead atoms. The summed E-state index contributed by atoms with van der Waals surface area (Å²) >= 11 is 0. The summed E-state index contributed by atoms with van der Waals surface area (Å²) in [7, 11) is -3.74. The van der Waals surface area contributed by atoms with Gasteiger partial charge in [0, 0.05) is 8.07 Å². The molecule has 162 valence electrons. The molecule has 0 aliphatic heterocycles. The molecule has 0 fully saturated rings. The highest BCUT2D eigenvalue weighted by molar-refractivity contribution is 6.92. The molecule has 0 radical (unpaired) electrons. The topological polar surface area (TPSA) is 0 Å². The van der Waals surface area contributed by atoms with E-state index < -0.39 is 24.2 Å². The summed E-state index contributed by atoms with van der Waals surface area (Å²) in [6.45, 7) is 27.6. The van der Waals surface area contributed by atoms with Gasteiger partial charge >= 0.3 is 0 Å². The Morgan fingerprint density at radius 1 is 0.750 bits per heavy atom. The van der Waals surface area contributed by atoms with E-state index in [0.29, 0.717) is 5.41 Å². The maximum Gasteiger partial charge on any atom is 0.0831 e. The molecule has 0 spiro atoms. The van der Waals surface area contributed by atoms with Crippen molar-refractivity contribution in [2.24, 2.45) is 5.41 Å². The Morgan fingerprint density at radius 3 is 1.64 bits per heavy atom. The Hall–Kier alpha value is -0.129.